The maximum Gasteiger partial charge on any atom is 0.103 e. The van der Waals surface area contributed by atoms with Crippen molar-refractivity contribution in [3.63, 3.8) is 0 Å². The van der Waals surface area contributed by atoms with E-state index in [1.54, 1.807) is 0 Å². The van der Waals surface area contributed by atoms with Crippen LogP contribution in [0.2, 0.25) is 0 Å². The molecule has 0 aromatic rings. The third kappa shape index (κ3) is 3.05. The van der Waals surface area contributed by atoms with Gasteiger partial charge in [0.1, 0.15) is 6.17 Å². The highest BCUT2D eigenvalue weighted by atomic mass is 19.1. The van der Waals surface area contributed by atoms with E-state index < -0.39 is 6.17 Å². The molecule has 0 aliphatic heterocycles. The van der Waals surface area contributed by atoms with Crippen LogP contribution in [0.5, 0.6) is 0 Å². The zero-order chi connectivity index (χ0) is 13.1. The van der Waals surface area contributed by atoms with Crippen molar-refractivity contribution in [3.8, 4) is 6.07 Å². The van der Waals surface area contributed by atoms with Crippen LogP contribution in [-0.2, 0) is 0 Å². The van der Waals surface area contributed by atoms with Crippen LogP contribution in [0.3, 0.4) is 0 Å². The molecule has 0 spiro atoms. The Labute approximate surface area is 111 Å². The molecule has 2 aliphatic carbocycles. The van der Waals surface area contributed by atoms with Gasteiger partial charge in [-0.3, -0.25) is 0 Å². The molecule has 0 amide bonds. The Balaban J connectivity index is 1.86. The average Bonchev–Trinajstić information content (AvgIpc) is 2.38. The second-order valence-electron chi connectivity index (χ2n) is 6.74. The minimum Gasteiger partial charge on any atom is -0.247 e. The molecule has 0 radical (unpaired) electrons. The molecule has 0 bridgehead atoms. The van der Waals surface area contributed by atoms with Gasteiger partial charge in [-0.2, -0.15) is 5.26 Å². The third-order valence-electron chi connectivity index (χ3n) is 5.37. The highest BCUT2D eigenvalue weighted by Gasteiger charge is 2.37. The molecule has 2 rings (SSSR count). The Morgan fingerprint density at radius 3 is 2.22 bits per heavy atom. The summed E-state index contributed by atoms with van der Waals surface area (Å²) in [6.45, 7) is 4.44. The van der Waals surface area contributed by atoms with Gasteiger partial charge in [-0.25, -0.2) is 4.39 Å². The molecule has 0 aromatic carbocycles. The van der Waals surface area contributed by atoms with Crippen molar-refractivity contribution >= 4 is 0 Å². The summed E-state index contributed by atoms with van der Waals surface area (Å²) in [5, 5.41) is 8.91. The first-order chi connectivity index (χ1) is 8.61. The molecule has 2 aliphatic rings. The molecule has 2 saturated carbocycles. The van der Waals surface area contributed by atoms with E-state index in [-0.39, 0.29) is 5.92 Å². The van der Waals surface area contributed by atoms with E-state index in [1.807, 2.05) is 0 Å². The van der Waals surface area contributed by atoms with E-state index in [1.165, 1.54) is 6.42 Å². The van der Waals surface area contributed by atoms with E-state index in [0.717, 1.165) is 38.5 Å². The summed E-state index contributed by atoms with van der Waals surface area (Å²) in [5.74, 6) is 2.30. The monoisotopic (exact) mass is 251 g/mol. The number of halogens is 1. The predicted molar refractivity (Wildman–Crippen MR) is 71.6 cm³/mol. The molecule has 2 heteroatoms. The summed E-state index contributed by atoms with van der Waals surface area (Å²) < 4.78 is 14.4. The quantitative estimate of drug-likeness (QED) is 0.696. The molecule has 0 saturated heterocycles. The lowest BCUT2D eigenvalue weighted by Crippen LogP contribution is -2.35. The normalized spacial score (nSPS) is 41.6. The minimum atomic E-state index is -0.588. The molecule has 3 atom stereocenters. The first kappa shape index (κ1) is 13.8. The number of hydrogen-bond acceptors (Lipinski definition) is 1. The van der Waals surface area contributed by atoms with Crippen LogP contribution in [-0.4, -0.2) is 6.17 Å². The molecule has 3 unspecified atom stereocenters. The zero-order valence-electron chi connectivity index (χ0n) is 11.7. The van der Waals surface area contributed by atoms with E-state index in [0.29, 0.717) is 23.7 Å². The lowest BCUT2D eigenvalue weighted by molar-refractivity contribution is 0.0507. The van der Waals surface area contributed by atoms with Crippen molar-refractivity contribution in [1.82, 2.24) is 0 Å². The van der Waals surface area contributed by atoms with E-state index >= 15 is 0 Å². The van der Waals surface area contributed by atoms with Crippen LogP contribution >= 0.6 is 0 Å². The van der Waals surface area contributed by atoms with Gasteiger partial charge < -0.3 is 0 Å². The van der Waals surface area contributed by atoms with Gasteiger partial charge in [0.2, 0.25) is 0 Å². The average molecular weight is 251 g/mol. The summed E-state index contributed by atoms with van der Waals surface area (Å²) in [5.41, 5.74) is 0. The molecule has 0 N–H and O–H groups in total. The largest absolute Gasteiger partial charge is 0.247 e. The highest BCUT2D eigenvalue weighted by Crippen LogP contribution is 2.43. The van der Waals surface area contributed by atoms with Crippen molar-refractivity contribution < 1.29 is 4.39 Å². The smallest absolute Gasteiger partial charge is 0.103 e. The van der Waals surface area contributed by atoms with E-state index in [4.69, 9.17) is 5.26 Å². The number of rotatable bonds is 2. The van der Waals surface area contributed by atoms with Crippen molar-refractivity contribution in [1.29, 1.82) is 5.26 Å². The number of alkyl halides is 1. The second kappa shape index (κ2) is 6.04. The fraction of sp³-hybridized carbons (Fsp3) is 0.938. The van der Waals surface area contributed by atoms with Crippen molar-refractivity contribution in [2.45, 2.75) is 65.0 Å². The topological polar surface area (TPSA) is 23.8 Å². The van der Waals surface area contributed by atoms with E-state index in [9.17, 15) is 4.39 Å². The second-order valence-corrected chi connectivity index (χ2v) is 6.74. The number of nitriles is 1. The van der Waals surface area contributed by atoms with Crippen LogP contribution in [0, 0.1) is 40.9 Å². The first-order valence-electron chi connectivity index (χ1n) is 7.65. The van der Waals surface area contributed by atoms with E-state index in [2.05, 4.69) is 19.9 Å². The Kier molecular flexibility index (Phi) is 4.65. The standard InChI is InChI=1S/C16H26FN/c1-11(2)14-7-8-15(16(17)9-14)13-5-3-12(10-18)4-6-13/h11-16H,3-9H2,1-2H3. The summed E-state index contributed by atoms with van der Waals surface area (Å²) in [4.78, 5) is 0. The summed E-state index contributed by atoms with van der Waals surface area (Å²) >= 11 is 0. The fourth-order valence-corrected chi connectivity index (χ4v) is 3.98. The van der Waals surface area contributed by atoms with Gasteiger partial charge in [-0.1, -0.05) is 13.8 Å². The molecular formula is C16H26FN. The van der Waals surface area contributed by atoms with Crippen LogP contribution in [0.4, 0.5) is 4.39 Å². The molecule has 2 fully saturated rings. The maximum atomic E-state index is 14.4. The Morgan fingerprint density at radius 1 is 1.06 bits per heavy atom. The van der Waals surface area contributed by atoms with Crippen molar-refractivity contribution in [2.75, 3.05) is 0 Å². The molecule has 102 valence electrons. The van der Waals surface area contributed by atoms with Gasteiger partial charge in [0, 0.05) is 5.92 Å². The summed E-state index contributed by atoms with van der Waals surface area (Å²) in [6.07, 6.45) is 6.63. The zero-order valence-corrected chi connectivity index (χ0v) is 11.7. The summed E-state index contributed by atoms with van der Waals surface area (Å²) in [7, 11) is 0. The Hall–Kier alpha value is -0.580. The molecule has 0 heterocycles. The molecule has 18 heavy (non-hydrogen) atoms. The van der Waals surface area contributed by atoms with Crippen molar-refractivity contribution in [3.05, 3.63) is 0 Å². The Morgan fingerprint density at radius 2 is 1.72 bits per heavy atom. The molecule has 0 aromatic heterocycles. The predicted octanol–water partition coefficient (Wildman–Crippen LogP) is 4.73. The van der Waals surface area contributed by atoms with Gasteiger partial charge in [-0.05, 0) is 68.6 Å². The molecular weight excluding hydrogens is 225 g/mol. The maximum absolute atomic E-state index is 14.4. The van der Waals surface area contributed by atoms with Gasteiger partial charge in [0.15, 0.2) is 0 Å². The Bertz CT molecular complexity index is 299. The third-order valence-corrected chi connectivity index (χ3v) is 5.37. The summed E-state index contributed by atoms with van der Waals surface area (Å²) in [6, 6.07) is 2.37. The first-order valence-corrected chi connectivity index (χ1v) is 7.65. The minimum absolute atomic E-state index is 0.242. The lowest BCUT2D eigenvalue weighted by Gasteiger charge is -2.40. The van der Waals surface area contributed by atoms with Gasteiger partial charge in [-0.15, -0.1) is 0 Å². The van der Waals surface area contributed by atoms with Crippen molar-refractivity contribution in [2.24, 2.45) is 29.6 Å². The van der Waals surface area contributed by atoms with Gasteiger partial charge in [0.25, 0.3) is 0 Å². The van der Waals surface area contributed by atoms with Crippen LogP contribution in [0.25, 0.3) is 0 Å². The van der Waals surface area contributed by atoms with Crippen LogP contribution in [0.1, 0.15) is 58.8 Å². The van der Waals surface area contributed by atoms with Gasteiger partial charge >= 0.3 is 0 Å². The van der Waals surface area contributed by atoms with Gasteiger partial charge in [0.05, 0.1) is 6.07 Å². The SMILES string of the molecule is CC(C)C1CCC(C2CCC(C#N)CC2)C(F)C1. The lowest BCUT2D eigenvalue weighted by atomic mass is 9.67. The number of hydrogen-bond donors (Lipinski definition) is 0. The molecule has 1 nitrogen and oxygen atoms in total. The highest BCUT2D eigenvalue weighted by molar-refractivity contribution is 4.92. The van der Waals surface area contributed by atoms with Crippen LogP contribution in [0.15, 0.2) is 0 Å². The van der Waals surface area contributed by atoms with Crippen LogP contribution < -0.4 is 0 Å². The number of nitrogens with zero attached hydrogens (tertiary/aromatic N) is 1. The fourth-order valence-electron chi connectivity index (χ4n) is 3.98.